The number of carbonyl (C=O) groups is 1. The van der Waals surface area contributed by atoms with Crippen LogP contribution in [0.15, 0.2) is 4.52 Å². The van der Waals surface area contributed by atoms with E-state index in [9.17, 15) is 13.2 Å². The van der Waals surface area contributed by atoms with Gasteiger partial charge in [-0.05, 0) is 20.3 Å². The van der Waals surface area contributed by atoms with Gasteiger partial charge in [-0.3, -0.25) is 4.79 Å². The molecule has 3 rings (SSSR count). The molecule has 0 aromatic carbocycles. The SMILES string of the molecule is Cc1noc(C)c1CCC(=O)Nc1nc2c(s1)CN(S(=O)(=O)N(C)C)CC2. The molecule has 0 fully saturated rings. The maximum atomic E-state index is 12.3. The van der Waals surface area contributed by atoms with Crippen LogP contribution in [-0.2, 0) is 34.4 Å². The highest BCUT2D eigenvalue weighted by Crippen LogP contribution is 2.30. The maximum Gasteiger partial charge on any atom is 0.281 e. The second kappa shape index (κ2) is 7.66. The van der Waals surface area contributed by atoms with Crippen molar-refractivity contribution >= 4 is 32.6 Å². The van der Waals surface area contributed by atoms with Gasteiger partial charge >= 0.3 is 0 Å². The van der Waals surface area contributed by atoms with Crippen molar-refractivity contribution in [3.05, 3.63) is 27.6 Å². The molecule has 3 heterocycles. The molecule has 0 radical (unpaired) electrons. The lowest BCUT2D eigenvalue weighted by Gasteiger charge is -2.27. The Hall–Kier alpha value is -1.82. The van der Waals surface area contributed by atoms with Gasteiger partial charge in [-0.25, -0.2) is 4.98 Å². The van der Waals surface area contributed by atoms with Gasteiger partial charge in [0.1, 0.15) is 5.76 Å². The third-order valence-corrected chi connectivity index (χ3v) is 7.40. The van der Waals surface area contributed by atoms with E-state index in [1.54, 1.807) is 0 Å². The topological polar surface area (TPSA) is 109 Å². The average Bonchev–Trinajstić information content (AvgIpc) is 3.14. The number of hydrogen-bond donors (Lipinski definition) is 1. The summed E-state index contributed by atoms with van der Waals surface area (Å²) in [4.78, 5) is 17.6. The summed E-state index contributed by atoms with van der Waals surface area (Å²) < 4.78 is 32.3. The summed E-state index contributed by atoms with van der Waals surface area (Å²) in [6.07, 6.45) is 1.38. The van der Waals surface area contributed by atoms with E-state index in [-0.39, 0.29) is 12.5 Å². The fraction of sp³-hybridized carbons (Fsp3) is 0.562. The van der Waals surface area contributed by atoms with Crippen molar-refractivity contribution in [3.8, 4) is 0 Å². The molecular weight excluding hydrogens is 390 g/mol. The second-order valence-corrected chi connectivity index (χ2v) is 9.84. The zero-order valence-corrected chi connectivity index (χ0v) is 17.4. The minimum Gasteiger partial charge on any atom is -0.361 e. The fourth-order valence-electron chi connectivity index (χ4n) is 2.93. The molecule has 1 aliphatic rings. The highest BCUT2D eigenvalue weighted by Gasteiger charge is 2.30. The number of fused-ring (bicyclic) bond motifs is 1. The summed E-state index contributed by atoms with van der Waals surface area (Å²) in [5.74, 6) is 0.589. The van der Waals surface area contributed by atoms with Gasteiger partial charge in [0.05, 0.1) is 17.9 Å². The zero-order chi connectivity index (χ0) is 19.8. The number of anilines is 1. The van der Waals surface area contributed by atoms with E-state index in [1.165, 1.54) is 34.0 Å². The molecule has 2 aromatic heterocycles. The number of aryl methyl sites for hydroxylation is 2. The Kier molecular flexibility index (Phi) is 5.65. The average molecular weight is 414 g/mol. The maximum absolute atomic E-state index is 12.3. The molecule has 27 heavy (non-hydrogen) atoms. The predicted octanol–water partition coefficient (Wildman–Crippen LogP) is 1.48. The van der Waals surface area contributed by atoms with Gasteiger partial charge in [0.2, 0.25) is 5.91 Å². The molecule has 0 spiro atoms. The van der Waals surface area contributed by atoms with Crippen molar-refractivity contribution in [2.75, 3.05) is 26.0 Å². The summed E-state index contributed by atoms with van der Waals surface area (Å²) in [5, 5.41) is 7.21. The molecule has 0 saturated heterocycles. The van der Waals surface area contributed by atoms with Crippen LogP contribution in [0.5, 0.6) is 0 Å². The Labute approximate surface area is 162 Å². The second-order valence-electron chi connectivity index (χ2n) is 6.61. The molecule has 0 atom stereocenters. The van der Waals surface area contributed by atoms with Crippen LogP contribution in [0.25, 0.3) is 0 Å². The first kappa shape index (κ1) is 19.9. The first-order valence-corrected chi connectivity index (χ1v) is 10.8. The summed E-state index contributed by atoms with van der Waals surface area (Å²) in [5.41, 5.74) is 2.60. The Morgan fingerprint density at radius 3 is 2.74 bits per heavy atom. The molecule has 1 N–H and O–H groups in total. The first-order chi connectivity index (χ1) is 12.7. The third-order valence-electron chi connectivity index (χ3n) is 4.51. The van der Waals surface area contributed by atoms with Gasteiger partial charge in [-0.15, -0.1) is 11.3 Å². The van der Waals surface area contributed by atoms with Crippen molar-refractivity contribution in [1.82, 2.24) is 18.8 Å². The van der Waals surface area contributed by atoms with E-state index >= 15 is 0 Å². The predicted molar refractivity (Wildman–Crippen MR) is 102 cm³/mol. The Morgan fingerprint density at radius 2 is 2.11 bits per heavy atom. The van der Waals surface area contributed by atoms with Crippen LogP contribution in [-0.4, -0.2) is 53.7 Å². The van der Waals surface area contributed by atoms with Gasteiger partial charge in [-0.2, -0.15) is 17.0 Å². The molecule has 2 aromatic rings. The summed E-state index contributed by atoms with van der Waals surface area (Å²) in [7, 11) is -0.423. The number of amides is 1. The van der Waals surface area contributed by atoms with Crippen LogP contribution < -0.4 is 5.32 Å². The van der Waals surface area contributed by atoms with E-state index in [2.05, 4.69) is 15.5 Å². The van der Waals surface area contributed by atoms with E-state index in [1.807, 2.05) is 13.8 Å². The van der Waals surface area contributed by atoms with Crippen molar-refractivity contribution in [2.24, 2.45) is 0 Å². The van der Waals surface area contributed by atoms with Gasteiger partial charge in [-0.1, -0.05) is 5.16 Å². The van der Waals surface area contributed by atoms with Crippen LogP contribution >= 0.6 is 11.3 Å². The Bertz CT molecular complexity index is 929. The standard InChI is InChI=1S/C16H23N5O4S2/c1-10-12(11(2)25-19-10)5-6-15(22)18-16-17-13-7-8-21(9-14(13)26-16)27(23,24)20(3)4/h5-9H2,1-4H3,(H,17,18,22). The van der Waals surface area contributed by atoms with Gasteiger partial charge < -0.3 is 9.84 Å². The summed E-state index contributed by atoms with van der Waals surface area (Å²) in [6, 6.07) is 0. The molecule has 1 amide bonds. The lowest BCUT2D eigenvalue weighted by molar-refractivity contribution is -0.116. The number of nitrogens with one attached hydrogen (secondary N) is 1. The Morgan fingerprint density at radius 1 is 1.37 bits per heavy atom. The number of hydrogen-bond acceptors (Lipinski definition) is 7. The summed E-state index contributed by atoms with van der Waals surface area (Å²) >= 11 is 1.33. The zero-order valence-electron chi connectivity index (χ0n) is 15.8. The molecule has 0 unspecified atom stereocenters. The fourth-order valence-corrected chi connectivity index (χ4v) is 5.13. The van der Waals surface area contributed by atoms with E-state index in [0.717, 1.165) is 27.6 Å². The molecule has 1 aliphatic heterocycles. The molecule has 9 nitrogen and oxygen atoms in total. The normalized spacial score (nSPS) is 15.1. The minimum atomic E-state index is -3.45. The summed E-state index contributed by atoms with van der Waals surface area (Å²) in [6.45, 7) is 4.35. The quantitative estimate of drug-likeness (QED) is 0.768. The van der Waals surface area contributed by atoms with E-state index in [4.69, 9.17) is 4.52 Å². The largest absolute Gasteiger partial charge is 0.361 e. The smallest absolute Gasteiger partial charge is 0.281 e. The number of aromatic nitrogens is 2. The van der Waals surface area contributed by atoms with Crippen LogP contribution in [0.1, 0.15) is 34.0 Å². The molecule has 148 valence electrons. The monoisotopic (exact) mass is 413 g/mol. The van der Waals surface area contributed by atoms with Gasteiger partial charge in [0.25, 0.3) is 10.2 Å². The van der Waals surface area contributed by atoms with Crippen molar-refractivity contribution in [1.29, 1.82) is 0 Å². The molecule has 0 aliphatic carbocycles. The van der Waals surface area contributed by atoms with Gasteiger partial charge in [0.15, 0.2) is 5.13 Å². The van der Waals surface area contributed by atoms with Crippen LogP contribution in [0.4, 0.5) is 5.13 Å². The van der Waals surface area contributed by atoms with Crippen LogP contribution in [0.3, 0.4) is 0 Å². The van der Waals surface area contributed by atoms with Crippen molar-refractivity contribution in [2.45, 2.75) is 39.7 Å². The van der Waals surface area contributed by atoms with Gasteiger partial charge in [0, 0.05) is 43.9 Å². The van der Waals surface area contributed by atoms with Crippen molar-refractivity contribution in [3.63, 3.8) is 0 Å². The highest BCUT2D eigenvalue weighted by atomic mass is 32.2. The minimum absolute atomic E-state index is 0.140. The third kappa shape index (κ3) is 4.21. The number of carbonyl (C=O) groups excluding carboxylic acids is 1. The number of rotatable bonds is 6. The van der Waals surface area contributed by atoms with E-state index < -0.39 is 10.2 Å². The van der Waals surface area contributed by atoms with Crippen molar-refractivity contribution < 1.29 is 17.7 Å². The van der Waals surface area contributed by atoms with Crippen LogP contribution in [0, 0.1) is 13.8 Å². The highest BCUT2D eigenvalue weighted by molar-refractivity contribution is 7.86. The number of nitrogens with zero attached hydrogens (tertiary/aromatic N) is 4. The van der Waals surface area contributed by atoms with Crippen LogP contribution in [0.2, 0.25) is 0 Å². The molecule has 11 heteroatoms. The molecule has 0 saturated carbocycles. The first-order valence-electron chi connectivity index (χ1n) is 8.56. The van der Waals surface area contributed by atoms with E-state index in [0.29, 0.717) is 30.9 Å². The lowest BCUT2D eigenvalue weighted by Crippen LogP contribution is -2.42. The Balaban J connectivity index is 1.62. The lowest BCUT2D eigenvalue weighted by atomic mass is 10.1. The molecular formula is C16H23N5O4S2. The molecule has 0 bridgehead atoms. The number of thiazole rings is 1.